The molecule has 0 spiro atoms. The highest BCUT2D eigenvalue weighted by Gasteiger charge is 2.43. The molecule has 0 bridgehead atoms. The van der Waals surface area contributed by atoms with E-state index in [4.69, 9.17) is 21.0 Å². The lowest BCUT2D eigenvalue weighted by Crippen LogP contribution is -2.43. The number of aromatic nitrogens is 2. The first kappa shape index (κ1) is 35.9. The first-order valence-electron chi connectivity index (χ1n) is 12.5. The monoisotopic (exact) mass is 702 g/mol. The Kier molecular flexibility index (Phi) is 11.5. The van der Waals surface area contributed by atoms with Gasteiger partial charge >= 0.3 is 24.3 Å². The summed E-state index contributed by atoms with van der Waals surface area (Å²) in [5.41, 5.74) is 9.21. The van der Waals surface area contributed by atoms with Crippen LogP contribution in [0.2, 0.25) is 0 Å². The van der Waals surface area contributed by atoms with Crippen LogP contribution in [0.1, 0.15) is 17.7 Å². The van der Waals surface area contributed by atoms with Crippen LogP contribution < -0.4 is 20.9 Å². The van der Waals surface area contributed by atoms with Gasteiger partial charge in [0.2, 0.25) is 5.96 Å². The van der Waals surface area contributed by atoms with E-state index in [1.54, 1.807) is 0 Å². The van der Waals surface area contributed by atoms with Crippen molar-refractivity contribution in [2.24, 2.45) is 23.7 Å². The molecule has 3 aromatic rings. The van der Waals surface area contributed by atoms with Crippen LogP contribution >= 0.6 is 11.3 Å². The molecule has 2 heterocycles. The number of carbonyl (C=O) groups excluding carboxylic acids is 2. The van der Waals surface area contributed by atoms with Crippen molar-refractivity contribution in [2.45, 2.75) is 35.4 Å². The van der Waals surface area contributed by atoms with E-state index in [1.807, 2.05) is 4.72 Å². The van der Waals surface area contributed by atoms with Crippen LogP contribution in [-0.4, -0.2) is 61.5 Å². The quantitative estimate of drug-likeness (QED) is 0.0591. The number of nitrogens with one attached hydrogen (secondary N) is 1. The molecule has 3 rings (SSSR count). The van der Waals surface area contributed by atoms with Crippen LogP contribution in [0, 0.1) is 0 Å². The van der Waals surface area contributed by atoms with Gasteiger partial charge < -0.3 is 21.0 Å². The molecule has 46 heavy (non-hydrogen) atoms. The maximum Gasteiger partial charge on any atom is 0.495 e. The van der Waals surface area contributed by atoms with Crippen molar-refractivity contribution in [3.8, 4) is 16.3 Å². The molecule has 0 radical (unpaired) electrons. The Bertz CT molecular complexity index is 1650. The molecule has 1 atom stereocenters. The number of benzene rings is 1. The number of nitrogens with zero attached hydrogens (tertiary/aromatic N) is 3. The highest BCUT2D eigenvalue weighted by atomic mass is 32.2. The lowest BCUT2D eigenvalue weighted by molar-refractivity contribution is -0.286. The second kappa shape index (κ2) is 14.7. The molecule has 0 aliphatic heterocycles. The zero-order chi connectivity index (χ0) is 34.3. The van der Waals surface area contributed by atoms with Gasteiger partial charge in [0.05, 0.1) is 11.5 Å². The summed E-state index contributed by atoms with van der Waals surface area (Å²) in [5.74, 6) is -4.49. The van der Waals surface area contributed by atoms with Crippen molar-refractivity contribution in [3.05, 3.63) is 53.7 Å². The van der Waals surface area contributed by atoms with Gasteiger partial charge in [0.25, 0.3) is 10.0 Å². The molecule has 22 heteroatoms. The van der Waals surface area contributed by atoms with Gasteiger partial charge in [-0.15, -0.1) is 11.3 Å². The van der Waals surface area contributed by atoms with E-state index >= 15 is 0 Å². The zero-order valence-corrected chi connectivity index (χ0v) is 24.9. The Morgan fingerprint density at radius 1 is 1.04 bits per heavy atom. The summed E-state index contributed by atoms with van der Waals surface area (Å²) >= 11 is 0.498. The van der Waals surface area contributed by atoms with Crippen molar-refractivity contribution in [1.82, 2.24) is 14.5 Å². The first-order chi connectivity index (χ1) is 21.4. The number of thiophene rings is 1. The van der Waals surface area contributed by atoms with E-state index in [0.717, 1.165) is 13.1 Å². The molecule has 0 aliphatic rings. The van der Waals surface area contributed by atoms with Gasteiger partial charge in [-0.05, 0) is 47.5 Å². The molecule has 0 aliphatic carbocycles. The molecule has 5 N–H and O–H groups in total. The molecular weight excluding hydrogens is 678 g/mol. The first-order valence-corrected chi connectivity index (χ1v) is 14.8. The fourth-order valence-corrected chi connectivity index (χ4v) is 5.91. The summed E-state index contributed by atoms with van der Waals surface area (Å²) in [5, 5.41) is 7.08. The number of alkyl halides is 6. The topological polar surface area (TPSA) is 199 Å². The number of aryl methyl sites for hydroxylation is 1. The largest absolute Gasteiger partial charge is 0.495 e. The maximum atomic E-state index is 13.2. The second-order valence-corrected chi connectivity index (χ2v) is 12.0. The molecule has 252 valence electrons. The number of sulfonamides is 1. The van der Waals surface area contributed by atoms with E-state index in [1.165, 1.54) is 30.3 Å². The standard InChI is InChI=1S/C24H24F6N6O8S2/c1-36-18(23(25,26)27)12-15(33-36)17-7-8-19(45-17)46(39,40)35-16(20(37)43-44-21(38)24(28,29)30)11-13-3-5-14(6-4-13)41-9-2-10-42-34-22(31)32/h3-8,12,16,35H,2,9-11H2,1H3,(H4,31,32,34)/t16-/m0/s1. The minimum atomic E-state index is -5.52. The third-order valence-corrected chi connectivity index (χ3v) is 8.53. The van der Waals surface area contributed by atoms with Gasteiger partial charge in [-0.3, -0.25) is 4.68 Å². The number of carbonyl (C=O) groups is 2. The Hall–Kier alpha value is -4.57. The number of guanidine groups is 1. The molecule has 2 aromatic heterocycles. The van der Waals surface area contributed by atoms with Gasteiger partial charge in [-0.25, -0.2) is 27.8 Å². The molecule has 0 unspecified atom stereocenters. The summed E-state index contributed by atoms with van der Waals surface area (Å²) < 4.78 is 111. The number of oxime groups is 1. The fraction of sp³-hybridized carbons (Fsp3) is 0.333. The lowest BCUT2D eigenvalue weighted by Gasteiger charge is -2.17. The number of ether oxygens (including phenoxy) is 1. The number of hydrogen-bond acceptors (Lipinski definition) is 11. The summed E-state index contributed by atoms with van der Waals surface area (Å²) in [7, 11) is -3.61. The smallest absolute Gasteiger partial charge is 0.493 e. The number of hydrogen-bond donors (Lipinski definition) is 3. The normalized spacial score (nSPS) is 12.7. The van der Waals surface area contributed by atoms with E-state index in [2.05, 4.69) is 20.0 Å². The zero-order valence-electron chi connectivity index (χ0n) is 23.3. The minimum Gasteiger partial charge on any atom is -0.493 e. The van der Waals surface area contributed by atoms with Crippen LogP contribution in [-0.2, 0) is 53.9 Å². The van der Waals surface area contributed by atoms with Crippen LogP contribution in [0.3, 0.4) is 0 Å². The van der Waals surface area contributed by atoms with E-state index in [-0.39, 0.29) is 35.3 Å². The summed E-state index contributed by atoms with van der Waals surface area (Å²) in [6.45, 7) is 0.318. The molecule has 1 aromatic carbocycles. The van der Waals surface area contributed by atoms with Crippen LogP contribution in [0.15, 0.2) is 51.8 Å². The summed E-state index contributed by atoms with van der Waals surface area (Å²) in [4.78, 5) is 35.9. The maximum absolute atomic E-state index is 13.2. The van der Waals surface area contributed by atoms with Gasteiger partial charge in [0, 0.05) is 13.5 Å². The van der Waals surface area contributed by atoms with E-state index in [0.29, 0.717) is 34.3 Å². The third kappa shape index (κ3) is 10.2. The predicted molar refractivity (Wildman–Crippen MR) is 146 cm³/mol. The molecule has 0 amide bonds. The van der Waals surface area contributed by atoms with Crippen molar-refractivity contribution in [3.63, 3.8) is 0 Å². The van der Waals surface area contributed by atoms with Crippen molar-refractivity contribution in [1.29, 1.82) is 0 Å². The van der Waals surface area contributed by atoms with Crippen molar-refractivity contribution < 1.29 is 63.7 Å². The van der Waals surface area contributed by atoms with Crippen LogP contribution in [0.4, 0.5) is 26.3 Å². The molecule has 0 fully saturated rings. The average Bonchev–Trinajstić information content (AvgIpc) is 3.61. The number of nitrogens with two attached hydrogens (primary N) is 2. The molecule has 0 saturated heterocycles. The third-order valence-electron chi connectivity index (χ3n) is 5.46. The minimum absolute atomic E-state index is 0.0168. The van der Waals surface area contributed by atoms with Gasteiger partial charge in [0.1, 0.15) is 34.0 Å². The van der Waals surface area contributed by atoms with Gasteiger partial charge in [0.15, 0.2) is 0 Å². The molecular formula is C24H24F6N6O8S2. The van der Waals surface area contributed by atoms with Gasteiger partial charge in [-0.2, -0.15) is 36.2 Å². The Balaban J connectivity index is 1.76. The van der Waals surface area contributed by atoms with Crippen LogP contribution in [0.25, 0.3) is 10.6 Å². The summed E-state index contributed by atoms with van der Waals surface area (Å²) in [6, 6.07) is 6.66. The van der Waals surface area contributed by atoms with E-state index in [9.17, 15) is 44.3 Å². The van der Waals surface area contributed by atoms with Gasteiger partial charge in [-0.1, -0.05) is 12.1 Å². The van der Waals surface area contributed by atoms with Crippen molar-refractivity contribution in [2.75, 3.05) is 13.2 Å². The lowest BCUT2D eigenvalue weighted by atomic mass is 10.1. The average molecular weight is 703 g/mol. The predicted octanol–water partition coefficient (Wildman–Crippen LogP) is 2.59. The Morgan fingerprint density at radius 3 is 2.30 bits per heavy atom. The van der Waals surface area contributed by atoms with Crippen molar-refractivity contribution >= 4 is 39.3 Å². The Labute approximate surface area is 259 Å². The Morgan fingerprint density at radius 2 is 1.72 bits per heavy atom. The highest BCUT2D eigenvalue weighted by molar-refractivity contribution is 7.91. The second-order valence-electron chi connectivity index (χ2n) is 9.00. The molecule has 14 nitrogen and oxygen atoms in total. The SMILES string of the molecule is Cn1nc(-c2ccc(S(=O)(=O)N[C@@H](Cc3ccc(OCCCON=C(N)N)cc3)C(=O)OOC(=O)C(F)(F)F)s2)cc1C(F)(F)F. The van der Waals surface area contributed by atoms with E-state index < -0.39 is 56.7 Å². The molecule has 0 saturated carbocycles. The highest BCUT2D eigenvalue weighted by Crippen LogP contribution is 2.35. The van der Waals surface area contributed by atoms with Crippen LogP contribution in [0.5, 0.6) is 5.75 Å². The fourth-order valence-electron chi connectivity index (χ4n) is 3.45. The summed E-state index contributed by atoms with van der Waals surface area (Å²) in [6.07, 6.45) is -10.4. The number of rotatable bonds is 13. The number of halogens is 6.